The van der Waals surface area contributed by atoms with Gasteiger partial charge in [0.1, 0.15) is 19.3 Å². The number of carbonyl (C=O) groups is 4. The van der Waals surface area contributed by atoms with Gasteiger partial charge in [-0.1, -0.05) is 344 Å². The molecule has 5 atom stereocenters. The Hall–Kier alpha value is -1.94. The summed E-state index contributed by atoms with van der Waals surface area (Å²) in [6.07, 6.45) is 54.0. The van der Waals surface area contributed by atoms with E-state index in [0.29, 0.717) is 25.7 Å². The summed E-state index contributed by atoms with van der Waals surface area (Å²) in [5.74, 6) is 0.199. The molecule has 0 aliphatic rings. The average Bonchev–Trinajstić information content (AvgIpc) is 1.12. The minimum Gasteiger partial charge on any atom is -0.462 e. The van der Waals surface area contributed by atoms with Crippen molar-refractivity contribution in [3.63, 3.8) is 0 Å². The minimum atomic E-state index is -4.96. The molecule has 0 bridgehead atoms. The van der Waals surface area contributed by atoms with Crippen molar-refractivity contribution in [2.45, 2.75) is 414 Å². The van der Waals surface area contributed by atoms with Crippen LogP contribution in [0.15, 0.2) is 0 Å². The van der Waals surface area contributed by atoms with Gasteiger partial charge in [-0.15, -0.1) is 0 Å². The molecular weight excluding hydrogens is 1260 g/mol. The zero-order chi connectivity index (χ0) is 70.9. The van der Waals surface area contributed by atoms with Crippen molar-refractivity contribution in [2.75, 3.05) is 39.6 Å². The Morgan fingerprint density at radius 1 is 0.281 bits per heavy atom. The van der Waals surface area contributed by atoms with Crippen molar-refractivity contribution < 1.29 is 80.2 Å². The van der Waals surface area contributed by atoms with Crippen molar-refractivity contribution in [1.82, 2.24) is 0 Å². The van der Waals surface area contributed by atoms with Crippen LogP contribution in [-0.4, -0.2) is 96.7 Å². The predicted molar refractivity (Wildman–Crippen MR) is 391 cm³/mol. The summed E-state index contributed by atoms with van der Waals surface area (Å²) in [6, 6.07) is 0. The van der Waals surface area contributed by atoms with Crippen LogP contribution in [0.5, 0.6) is 0 Å². The summed E-state index contributed by atoms with van der Waals surface area (Å²) in [5, 5.41) is 10.6. The molecule has 96 heavy (non-hydrogen) atoms. The molecule has 0 rings (SSSR count). The standard InChI is InChI=1S/C77H150O17P2/c1-8-9-10-11-12-13-14-23-30-37-44-51-58-74(79)87-65-73(94-77(82)61-54-47-40-33-26-29-36-43-50-57-70(6)7)67-92-96(85,86)90-63-71(78)62-89-95(83,84)91-66-72(93-76(81)60-53-46-39-32-25-20-16-18-22-28-35-42-49-56-69(4)5)64-88-75(80)59-52-45-38-31-24-19-15-17-21-27-34-41-48-55-68(2)3/h68-73,78H,8-67H2,1-7H3,(H,83,84)(H,85,86)/t71-,72-,73-/m1/s1. The molecule has 0 aliphatic carbocycles. The smallest absolute Gasteiger partial charge is 0.462 e. The largest absolute Gasteiger partial charge is 0.472 e. The fourth-order valence-corrected chi connectivity index (χ4v) is 13.4. The molecular formula is C77H150O17P2. The zero-order valence-electron chi connectivity index (χ0n) is 62.8. The van der Waals surface area contributed by atoms with Crippen LogP contribution >= 0.6 is 15.6 Å². The maximum atomic E-state index is 13.1. The van der Waals surface area contributed by atoms with Crippen LogP contribution in [-0.2, 0) is 65.4 Å². The van der Waals surface area contributed by atoms with Gasteiger partial charge in [0.2, 0.25) is 0 Å². The molecule has 570 valence electrons. The molecule has 0 aromatic rings. The highest BCUT2D eigenvalue weighted by molar-refractivity contribution is 7.47. The number of phosphoric ester groups is 2. The molecule has 3 N–H and O–H groups in total. The third-order valence-corrected chi connectivity index (χ3v) is 19.8. The van der Waals surface area contributed by atoms with Gasteiger partial charge in [0.25, 0.3) is 0 Å². The van der Waals surface area contributed by atoms with E-state index in [4.69, 9.17) is 37.0 Å². The monoisotopic (exact) mass is 1410 g/mol. The van der Waals surface area contributed by atoms with Gasteiger partial charge < -0.3 is 33.8 Å². The first kappa shape index (κ1) is 94.1. The first-order valence-corrected chi connectivity index (χ1v) is 42.8. The number of esters is 4. The Morgan fingerprint density at radius 3 is 0.708 bits per heavy atom. The number of aliphatic hydroxyl groups is 1. The van der Waals surface area contributed by atoms with E-state index in [1.54, 1.807) is 0 Å². The van der Waals surface area contributed by atoms with Crippen LogP contribution < -0.4 is 0 Å². The lowest BCUT2D eigenvalue weighted by molar-refractivity contribution is -0.161. The number of carbonyl (C=O) groups excluding carboxylic acids is 4. The fraction of sp³-hybridized carbons (Fsp3) is 0.948. The van der Waals surface area contributed by atoms with Crippen molar-refractivity contribution in [1.29, 1.82) is 0 Å². The maximum absolute atomic E-state index is 13.1. The Bertz CT molecular complexity index is 1870. The molecule has 0 aromatic heterocycles. The van der Waals surface area contributed by atoms with Crippen LogP contribution in [0.1, 0.15) is 395 Å². The van der Waals surface area contributed by atoms with E-state index >= 15 is 0 Å². The van der Waals surface area contributed by atoms with Gasteiger partial charge in [-0.2, -0.15) is 0 Å². The highest BCUT2D eigenvalue weighted by Crippen LogP contribution is 2.45. The van der Waals surface area contributed by atoms with Crippen molar-refractivity contribution >= 4 is 39.5 Å². The Kier molecular flexibility index (Phi) is 66.2. The summed E-state index contributed by atoms with van der Waals surface area (Å²) in [7, 11) is -9.91. The molecule has 17 nitrogen and oxygen atoms in total. The molecule has 2 unspecified atom stereocenters. The summed E-state index contributed by atoms with van der Waals surface area (Å²) < 4.78 is 68.6. The van der Waals surface area contributed by atoms with Crippen molar-refractivity contribution in [2.24, 2.45) is 17.8 Å². The second-order valence-corrected chi connectivity index (χ2v) is 32.1. The third-order valence-electron chi connectivity index (χ3n) is 17.9. The minimum absolute atomic E-state index is 0.106. The molecule has 0 spiro atoms. The molecule has 0 heterocycles. The van der Waals surface area contributed by atoms with E-state index in [1.165, 1.54) is 205 Å². The number of aliphatic hydroxyl groups excluding tert-OH is 1. The van der Waals surface area contributed by atoms with Crippen LogP contribution in [0.25, 0.3) is 0 Å². The van der Waals surface area contributed by atoms with E-state index in [1.807, 2.05) is 0 Å². The lowest BCUT2D eigenvalue weighted by Crippen LogP contribution is -2.30. The fourth-order valence-electron chi connectivity index (χ4n) is 11.8. The summed E-state index contributed by atoms with van der Waals surface area (Å²) in [5.41, 5.74) is 0. The summed E-state index contributed by atoms with van der Waals surface area (Å²) >= 11 is 0. The van der Waals surface area contributed by atoms with Gasteiger partial charge >= 0.3 is 39.5 Å². The number of ether oxygens (including phenoxy) is 4. The quantitative estimate of drug-likeness (QED) is 0.0222. The summed E-state index contributed by atoms with van der Waals surface area (Å²) in [6.45, 7) is 11.9. The van der Waals surface area contributed by atoms with Crippen molar-refractivity contribution in [3.8, 4) is 0 Å². The second-order valence-electron chi connectivity index (χ2n) is 29.2. The molecule has 0 radical (unpaired) electrons. The van der Waals surface area contributed by atoms with Crippen LogP contribution in [0.4, 0.5) is 0 Å². The number of hydrogen-bond donors (Lipinski definition) is 3. The topological polar surface area (TPSA) is 237 Å². The zero-order valence-corrected chi connectivity index (χ0v) is 64.6. The van der Waals surface area contributed by atoms with E-state index in [2.05, 4.69) is 48.5 Å². The molecule has 0 aliphatic heterocycles. The van der Waals surface area contributed by atoms with Gasteiger partial charge in [-0.25, -0.2) is 9.13 Å². The second kappa shape index (κ2) is 67.5. The molecule has 0 saturated heterocycles. The Labute approximate surface area is 588 Å². The molecule has 0 amide bonds. The van der Waals surface area contributed by atoms with E-state index in [-0.39, 0.29) is 25.7 Å². The van der Waals surface area contributed by atoms with Gasteiger partial charge in [-0.05, 0) is 43.4 Å². The van der Waals surface area contributed by atoms with E-state index < -0.39 is 97.5 Å². The summed E-state index contributed by atoms with van der Waals surface area (Å²) in [4.78, 5) is 72.9. The van der Waals surface area contributed by atoms with Gasteiger partial charge in [0.15, 0.2) is 12.2 Å². The number of rotatable bonds is 75. The van der Waals surface area contributed by atoms with E-state index in [9.17, 15) is 43.2 Å². The molecule has 19 heteroatoms. The highest BCUT2D eigenvalue weighted by Gasteiger charge is 2.30. The lowest BCUT2D eigenvalue weighted by atomic mass is 10.0. The SMILES string of the molecule is CCCCCCCCCCCCCCC(=O)OC[C@H](COP(=O)(O)OC[C@H](O)COP(=O)(O)OC[C@@H](COC(=O)CCCCCCCCCCCCCCCC(C)C)OC(=O)CCCCCCCCCCCCCCCC(C)C)OC(=O)CCCCCCCCCCCC(C)C. The predicted octanol–water partition coefficient (Wildman–Crippen LogP) is 22.6. The van der Waals surface area contributed by atoms with Crippen LogP contribution in [0.2, 0.25) is 0 Å². The van der Waals surface area contributed by atoms with Crippen LogP contribution in [0.3, 0.4) is 0 Å². The Morgan fingerprint density at radius 2 is 0.479 bits per heavy atom. The Balaban J connectivity index is 5.26. The number of hydrogen-bond acceptors (Lipinski definition) is 15. The molecule has 0 aromatic carbocycles. The van der Waals surface area contributed by atoms with Crippen LogP contribution in [0, 0.1) is 17.8 Å². The first-order valence-electron chi connectivity index (χ1n) is 39.8. The van der Waals surface area contributed by atoms with Gasteiger partial charge in [-0.3, -0.25) is 37.3 Å². The van der Waals surface area contributed by atoms with Crippen molar-refractivity contribution in [3.05, 3.63) is 0 Å². The number of phosphoric acid groups is 2. The normalized spacial score (nSPS) is 14.1. The molecule has 0 fully saturated rings. The van der Waals surface area contributed by atoms with Gasteiger partial charge in [0, 0.05) is 25.7 Å². The molecule has 0 saturated carbocycles. The average molecular weight is 1410 g/mol. The third kappa shape index (κ3) is 70.5. The highest BCUT2D eigenvalue weighted by atomic mass is 31.2. The first-order chi connectivity index (χ1) is 46.2. The lowest BCUT2D eigenvalue weighted by Gasteiger charge is -2.21. The number of unbranched alkanes of at least 4 members (excludes halogenated alkanes) is 43. The maximum Gasteiger partial charge on any atom is 0.472 e. The van der Waals surface area contributed by atoms with Gasteiger partial charge in [0.05, 0.1) is 26.4 Å². The van der Waals surface area contributed by atoms with E-state index in [0.717, 1.165) is 108 Å².